The van der Waals surface area contributed by atoms with E-state index in [0.717, 1.165) is 10.6 Å². The third-order valence-electron chi connectivity index (χ3n) is 2.76. The highest BCUT2D eigenvalue weighted by atomic mass is 32.1. The number of rotatable bonds is 6. The maximum atomic E-state index is 11.8. The molecule has 0 spiro atoms. The van der Waals surface area contributed by atoms with Gasteiger partial charge in [0.25, 0.3) is 0 Å². The van der Waals surface area contributed by atoms with Crippen LogP contribution in [0.1, 0.15) is 4.88 Å². The molecule has 0 radical (unpaired) electrons. The van der Waals surface area contributed by atoms with Crippen LogP contribution < -0.4 is 4.74 Å². The van der Waals surface area contributed by atoms with E-state index >= 15 is 0 Å². The predicted molar refractivity (Wildman–Crippen MR) is 75.5 cm³/mol. The number of methoxy groups -OCH3 is 1. The molecule has 0 fully saturated rings. The summed E-state index contributed by atoms with van der Waals surface area (Å²) in [5, 5.41) is 2.00. The molecule has 4 heteroatoms. The number of benzene rings is 1. The van der Waals surface area contributed by atoms with E-state index < -0.39 is 0 Å². The van der Waals surface area contributed by atoms with Crippen LogP contribution in [-0.2, 0) is 16.0 Å². The van der Waals surface area contributed by atoms with Crippen LogP contribution in [0.5, 0.6) is 5.75 Å². The zero-order chi connectivity index (χ0) is 13.5. The normalized spacial score (nSPS) is 11.8. The first kappa shape index (κ1) is 13.6. The lowest BCUT2D eigenvalue weighted by atomic mass is 10.1. The summed E-state index contributed by atoms with van der Waals surface area (Å²) in [6, 6.07) is 13.5. The molecule has 0 amide bonds. The molecule has 1 aromatic carbocycles. The van der Waals surface area contributed by atoms with Gasteiger partial charge in [0.15, 0.2) is 0 Å². The first-order chi connectivity index (χ1) is 9.29. The predicted octanol–water partition coefficient (Wildman–Crippen LogP) is 3.16. The first-order valence-electron chi connectivity index (χ1n) is 6.07. The molecule has 0 saturated heterocycles. The van der Waals surface area contributed by atoms with E-state index in [1.165, 1.54) is 7.11 Å². The van der Waals surface area contributed by atoms with Crippen molar-refractivity contribution in [2.24, 2.45) is 5.92 Å². The summed E-state index contributed by atoms with van der Waals surface area (Å²) in [6.07, 6.45) is 0.650. The highest BCUT2D eigenvalue weighted by molar-refractivity contribution is 7.09. The molecule has 2 rings (SSSR count). The summed E-state index contributed by atoms with van der Waals surface area (Å²) in [5.74, 6) is 0.260. The highest BCUT2D eigenvalue weighted by Crippen LogP contribution is 2.17. The van der Waals surface area contributed by atoms with Gasteiger partial charge >= 0.3 is 5.97 Å². The minimum atomic E-state index is -0.274. The molecule has 100 valence electrons. The number of para-hydroxylation sites is 1. The van der Waals surface area contributed by atoms with Crippen LogP contribution in [-0.4, -0.2) is 19.7 Å². The number of carbonyl (C=O) groups is 1. The van der Waals surface area contributed by atoms with Crippen molar-refractivity contribution in [3.8, 4) is 5.75 Å². The van der Waals surface area contributed by atoms with Gasteiger partial charge in [-0.15, -0.1) is 11.3 Å². The Bertz CT molecular complexity index is 493. The first-order valence-corrected chi connectivity index (χ1v) is 6.95. The van der Waals surface area contributed by atoms with Gasteiger partial charge in [-0.25, -0.2) is 0 Å². The van der Waals surface area contributed by atoms with Gasteiger partial charge in [0.2, 0.25) is 0 Å². The van der Waals surface area contributed by atoms with Crippen molar-refractivity contribution in [2.75, 3.05) is 13.7 Å². The molecule has 2 aromatic rings. The molecule has 0 aliphatic carbocycles. The molecule has 1 atom stereocenters. The van der Waals surface area contributed by atoms with Crippen LogP contribution in [0.4, 0.5) is 0 Å². The van der Waals surface area contributed by atoms with Crippen LogP contribution in [0.15, 0.2) is 47.8 Å². The number of hydrogen-bond donors (Lipinski definition) is 0. The zero-order valence-corrected chi connectivity index (χ0v) is 11.6. The maximum absolute atomic E-state index is 11.8. The molecular weight excluding hydrogens is 260 g/mol. The Labute approximate surface area is 116 Å². The van der Waals surface area contributed by atoms with Crippen LogP contribution >= 0.6 is 11.3 Å². The molecule has 1 unspecified atom stereocenters. The number of carbonyl (C=O) groups excluding carboxylic acids is 1. The molecule has 0 bridgehead atoms. The average molecular weight is 276 g/mol. The molecule has 0 aliphatic heterocycles. The minimum Gasteiger partial charge on any atom is -0.493 e. The van der Waals surface area contributed by atoms with E-state index in [-0.39, 0.29) is 11.9 Å². The summed E-state index contributed by atoms with van der Waals surface area (Å²) in [5.41, 5.74) is 0. The van der Waals surface area contributed by atoms with Gasteiger partial charge in [0.1, 0.15) is 12.4 Å². The molecule has 1 aromatic heterocycles. The Kier molecular flexibility index (Phi) is 4.98. The Balaban J connectivity index is 1.96. The summed E-state index contributed by atoms with van der Waals surface area (Å²) in [4.78, 5) is 12.9. The molecule has 0 N–H and O–H groups in total. The van der Waals surface area contributed by atoms with Crippen LogP contribution in [0.3, 0.4) is 0 Å². The molecule has 3 nitrogen and oxygen atoms in total. The van der Waals surface area contributed by atoms with Gasteiger partial charge in [-0.05, 0) is 30.0 Å². The fourth-order valence-electron chi connectivity index (χ4n) is 1.76. The van der Waals surface area contributed by atoms with Gasteiger partial charge in [0, 0.05) is 4.88 Å². The summed E-state index contributed by atoms with van der Waals surface area (Å²) in [7, 11) is 1.41. The van der Waals surface area contributed by atoms with Crippen molar-refractivity contribution >= 4 is 17.3 Å². The third-order valence-corrected chi connectivity index (χ3v) is 3.66. The van der Waals surface area contributed by atoms with Crippen molar-refractivity contribution < 1.29 is 14.3 Å². The largest absolute Gasteiger partial charge is 0.493 e. The molecule has 0 saturated carbocycles. The topological polar surface area (TPSA) is 35.5 Å². The monoisotopic (exact) mass is 276 g/mol. The second-order valence-electron chi connectivity index (χ2n) is 4.13. The summed E-state index contributed by atoms with van der Waals surface area (Å²) < 4.78 is 10.5. The second kappa shape index (κ2) is 6.95. The quantitative estimate of drug-likeness (QED) is 0.760. The number of thiophene rings is 1. The SMILES string of the molecule is COC(=O)C(COc1ccccc1)Cc1cccs1. The Morgan fingerprint density at radius 1 is 1.21 bits per heavy atom. The van der Waals surface area contributed by atoms with E-state index in [4.69, 9.17) is 9.47 Å². The van der Waals surface area contributed by atoms with Gasteiger partial charge < -0.3 is 9.47 Å². The Morgan fingerprint density at radius 2 is 2.00 bits per heavy atom. The van der Waals surface area contributed by atoms with E-state index in [1.807, 2.05) is 47.8 Å². The lowest BCUT2D eigenvalue weighted by Gasteiger charge is -2.14. The van der Waals surface area contributed by atoms with Gasteiger partial charge in [0.05, 0.1) is 13.0 Å². The highest BCUT2D eigenvalue weighted by Gasteiger charge is 2.21. The standard InChI is InChI=1S/C15H16O3S/c1-17-15(16)12(10-14-8-5-9-19-14)11-18-13-6-3-2-4-7-13/h2-9,12H,10-11H2,1H3. The summed E-state index contributed by atoms with van der Waals surface area (Å²) in [6.45, 7) is 0.328. The molecule has 1 heterocycles. The minimum absolute atomic E-state index is 0.232. The fraction of sp³-hybridized carbons (Fsp3) is 0.267. The lowest BCUT2D eigenvalue weighted by molar-refractivity contribution is -0.146. The fourth-order valence-corrected chi connectivity index (χ4v) is 2.55. The van der Waals surface area contributed by atoms with E-state index in [9.17, 15) is 4.79 Å². The number of hydrogen-bond acceptors (Lipinski definition) is 4. The Hall–Kier alpha value is -1.81. The van der Waals surface area contributed by atoms with Gasteiger partial charge in [-0.1, -0.05) is 24.3 Å². The van der Waals surface area contributed by atoms with Gasteiger partial charge in [-0.2, -0.15) is 0 Å². The molecule has 0 aliphatic rings. The Morgan fingerprint density at radius 3 is 2.63 bits per heavy atom. The van der Waals surface area contributed by atoms with E-state index in [1.54, 1.807) is 11.3 Å². The van der Waals surface area contributed by atoms with Crippen molar-refractivity contribution in [3.05, 3.63) is 52.7 Å². The number of esters is 1. The van der Waals surface area contributed by atoms with Crippen molar-refractivity contribution in [1.82, 2.24) is 0 Å². The van der Waals surface area contributed by atoms with Gasteiger partial charge in [-0.3, -0.25) is 4.79 Å². The maximum Gasteiger partial charge on any atom is 0.312 e. The van der Waals surface area contributed by atoms with Crippen LogP contribution in [0.2, 0.25) is 0 Å². The lowest BCUT2D eigenvalue weighted by Crippen LogP contribution is -2.25. The summed E-state index contributed by atoms with van der Waals surface area (Å²) >= 11 is 1.64. The van der Waals surface area contributed by atoms with Crippen LogP contribution in [0, 0.1) is 5.92 Å². The smallest absolute Gasteiger partial charge is 0.312 e. The van der Waals surface area contributed by atoms with Crippen molar-refractivity contribution in [3.63, 3.8) is 0 Å². The third kappa shape index (κ3) is 4.10. The molecular formula is C15H16O3S. The van der Waals surface area contributed by atoms with E-state index in [2.05, 4.69) is 0 Å². The second-order valence-corrected chi connectivity index (χ2v) is 5.16. The average Bonchev–Trinajstić information content (AvgIpc) is 2.96. The molecule has 19 heavy (non-hydrogen) atoms. The van der Waals surface area contributed by atoms with E-state index in [0.29, 0.717) is 13.0 Å². The zero-order valence-electron chi connectivity index (χ0n) is 10.7. The van der Waals surface area contributed by atoms with Crippen molar-refractivity contribution in [2.45, 2.75) is 6.42 Å². The van der Waals surface area contributed by atoms with Crippen LogP contribution in [0.25, 0.3) is 0 Å². The number of ether oxygens (including phenoxy) is 2. The van der Waals surface area contributed by atoms with Crippen molar-refractivity contribution in [1.29, 1.82) is 0 Å².